The zero-order valence-corrected chi connectivity index (χ0v) is 10.8. The first-order valence-electron chi connectivity index (χ1n) is 5.50. The molecule has 5 nitrogen and oxygen atoms in total. The lowest BCUT2D eigenvalue weighted by atomic mass is 10.3. The van der Waals surface area contributed by atoms with Crippen LogP contribution in [0, 0.1) is 0 Å². The number of nitrogens with zero attached hydrogens (tertiary/aromatic N) is 2. The van der Waals surface area contributed by atoms with E-state index in [-0.39, 0.29) is 5.97 Å². The molecule has 0 unspecified atom stereocenters. The zero-order chi connectivity index (χ0) is 12.7. The Hall–Kier alpha value is -1.36. The molecule has 0 radical (unpaired) electrons. The van der Waals surface area contributed by atoms with E-state index in [1.807, 2.05) is 0 Å². The Bertz CT molecular complexity index is 385. The summed E-state index contributed by atoms with van der Waals surface area (Å²) in [6.45, 7) is 2.51. The van der Waals surface area contributed by atoms with Crippen molar-refractivity contribution in [1.29, 1.82) is 0 Å². The molecule has 0 spiro atoms. The lowest BCUT2D eigenvalue weighted by Gasteiger charge is -2.06. The largest absolute Gasteiger partial charge is 0.469 e. The average molecular weight is 258 g/mol. The van der Waals surface area contributed by atoms with Crippen molar-refractivity contribution in [2.24, 2.45) is 0 Å². The van der Waals surface area contributed by atoms with Crippen molar-refractivity contribution in [3.63, 3.8) is 0 Å². The van der Waals surface area contributed by atoms with Gasteiger partial charge in [-0.05, 0) is 6.42 Å². The Morgan fingerprint density at radius 3 is 2.94 bits per heavy atom. The first-order valence-corrected chi connectivity index (χ1v) is 5.87. The second-order valence-electron chi connectivity index (χ2n) is 3.50. The maximum absolute atomic E-state index is 10.9. The molecular weight excluding hydrogens is 242 g/mol. The fourth-order valence-corrected chi connectivity index (χ4v) is 1.49. The number of halogens is 1. The monoisotopic (exact) mass is 257 g/mol. The van der Waals surface area contributed by atoms with E-state index in [0.29, 0.717) is 29.8 Å². The summed E-state index contributed by atoms with van der Waals surface area (Å²) >= 11 is 5.87. The van der Waals surface area contributed by atoms with Crippen molar-refractivity contribution in [3.8, 4) is 0 Å². The number of hydrogen-bond acceptors (Lipinski definition) is 5. The summed E-state index contributed by atoms with van der Waals surface area (Å²) in [5, 5.41) is 3.42. The fraction of sp³-hybridized carbons (Fsp3) is 0.545. The lowest BCUT2D eigenvalue weighted by molar-refractivity contribution is -0.140. The van der Waals surface area contributed by atoms with Crippen LogP contribution in [0.2, 0.25) is 5.15 Å². The number of esters is 1. The number of aryl methyl sites for hydroxylation is 1. The van der Waals surface area contributed by atoms with Gasteiger partial charge in [-0.1, -0.05) is 18.5 Å². The summed E-state index contributed by atoms with van der Waals surface area (Å²) in [4.78, 5) is 19.3. The van der Waals surface area contributed by atoms with Crippen LogP contribution in [0.4, 0.5) is 5.82 Å². The van der Waals surface area contributed by atoms with Crippen LogP contribution in [0.3, 0.4) is 0 Å². The summed E-state index contributed by atoms with van der Waals surface area (Å²) in [6.07, 6.45) is 2.04. The quantitative estimate of drug-likeness (QED) is 0.624. The minimum Gasteiger partial charge on any atom is -0.469 e. The summed E-state index contributed by atoms with van der Waals surface area (Å²) in [5.74, 6) is 1.09. The lowest BCUT2D eigenvalue weighted by Crippen LogP contribution is -2.11. The van der Waals surface area contributed by atoms with Gasteiger partial charge in [-0.15, -0.1) is 0 Å². The highest BCUT2D eigenvalue weighted by Crippen LogP contribution is 2.12. The fourth-order valence-electron chi connectivity index (χ4n) is 1.29. The molecule has 0 aliphatic rings. The predicted octanol–water partition coefficient (Wildman–Crippen LogP) is 2.06. The van der Waals surface area contributed by atoms with Crippen LogP contribution in [0.15, 0.2) is 6.07 Å². The van der Waals surface area contributed by atoms with E-state index in [4.69, 9.17) is 11.6 Å². The number of hydrogen-bond donors (Lipinski definition) is 1. The van der Waals surface area contributed by atoms with E-state index in [2.05, 4.69) is 26.9 Å². The van der Waals surface area contributed by atoms with Gasteiger partial charge < -0.3 is 10.1 Å². The predicted molar refractivity (Wildman–Crippen MR) is 66.2 cm³/mol. The number of anilines is 1. The van der Waals surface area contributed by atoms with E-state index < -0.39 is 0 Å². The molecule has 0 saturated carbocycles. The van der Waals surface area contributed by atoms with Gasteiger partial charge in [0.25, 0.3) is 0 Å². The van der Waals surface area contributed by atoms with Gasteiger partial charge in [0, 0.05) is 19.0 Å². The molecule has 6 heteroatoms. The van der Waals surface area contributed by atoms with Gasteiger partial charge in [-0.25, -0.2) is 9.97 Å². The number of carbonyl (C=O) groups excluding carboxylic acids is 1. The van der Waals surface area contributed by atoms with Crippen molar-refractivity contribution in [2.75, 3.05) is 19.0 Å². The van der Waals surface area contributed by atoms with Gasteiger partial charge in [0.15, 0.2) is 0 Å². The molecule has 0 aromatic carbocycles. The Morgan fingerprint density at radius 1 is 1.53 bits per heavy atom. The van der Waals surface area contributed by atoms with E-state index in [0.717, 1.165) is 12.8 Å². The van der Waals surface area contributed by atoms with E-state index in [1.165, 1.54) is 7.11 Å². The average Bonchev–Trinajstić information content (AvgIpc) is 2.28. The van der Waals surface area contributed by atoms with Crippen LogP contribution in [-0.4, -0.2) is 29.6 Å². The van der Waals surface area contributed by atoms with Crippen LogP contribution in [0.1, 0.15) is 25.6 Å². The summed E-state index contributed by atoms with van der Waals surface area (Å²) < 4.78 is 4.54. The Morgan fingerprint density at radius 2 is 2.29 bits per heavy atom. The molecule has 0 atom stereocenters. The van der Waals surface area contributed by atoms with E-state index in [9.17, 15) is 4.79 Å². The van der Waals surface area contributed by atoms with E-state index in [1.54, 1.807) is 6.07 Å². The molecule has 0 bridgehead atoms. The molecule has 1 aromatic rings. The molecule has 0 aliphatic heterocycles. The number of nitrogens with one attached hydrogen (secondary N) is 1. The number of ether oxygens (including phenoxy) is 1. The maximum Gasteiger partial charge on any atom is 0.307 e. The Labute approximate surface area is 106 Å². The van der Waals surface area contributed by atoms with Gasteiger partial charge in [0.05, 0.1) is 13.5 Å². The number of rotatable bonds is 6. The molecule has 1 N–H and O–H groups in total. The molecule has 94 valence electrons. The molecule has 0 amide bonds. The summed E-state index contributed by atoms with van der Waals surface area (Å²) in [7, 11) is 1.36. The number of aromatic nitrogens is 2. The minimum absolute atomic E-state index is 0.258. The third-order valence-corrected chi connectivity index (χ3v) is 2.27. The first-order chi connectivity index (χ1) is 8.15. The molecule has 1 heterocycles. The summed E-state index contributed by atoms with van der Waals surface area (Å²) in [5.41, 5.74) is 0. The van der Waals surface area contributed by atoms with Gasteiger partial charge in [0.2, 0.25) is 0 Å². The molecule has 0 aliphatic carbocycles. The summed E-state index contributed by atoms with van der Waals surface area (Å²) in [6, 6.07) is 1.64. The highest BCUT2D eigenvalue weighted by Gasteiger charge is 2.04. The standard InChI is InChI=1S/C11H16ClN3O2/c1-3-4-9-14-8(12)7-10(15-9)13-6-5-11(16)17-2/h7H,3-6H2,1-2H3,(H,13,14,15). The van der Waals surface area contributed by atoms with Crippen LogP contribution >= 0.6 is 11.6 Å². The first kappa shape index (κ1) is 13.7. The van der Waals surface area contributed by atoms with Gasteiger partial charge >= 0.3 is 5.97 Å². The highest BCUT2D eigenvalue weighted by atomic mass is 35.5. The van der Waals surface area contributed by atoms with Gasteiger partial charge in [-0.2, -0.15) is 0 Å². The second kappa shape index (κ2) is 7.06. The molecular formula is C11H16ClN3O2. The van der Waals surface area contributed by atoms with Crippen molar-refractivity contribution < 1.29 is 9.53 Å². The highest BCUT2D eigenvalue weighted by molar-refractivity contribution is 6.29. The van der Waals surface area contributed by atoms with Crippen LogP contribution < -0.4 is 5.32 Å². The van der Waals surface area contributed by atoms with Crippen molar-refractivity contribution in [3.05, 3.63) is 17.0 Å². The third kappa shape index (κ3) is 4.99. The van der Waals surface area contributed by atoms with Crippen LogP contribution in [0.5, 0.6) is 0 Å². The SMILES string of the molecule is CCCc1nc(Cl)cc(NCCC(=O)OC)n1. The molecule has 1 aromatic heterocycles. The number of carbonyl (C=O) groups is 1. The smallest absolute Gasteiger partial charge is 0.307 e. The van der Waals surface area contributed by atoms with Gasteiger partial charge in [0.1, 0.15) is 16.8 Å². The van der Waals surface area contributed by atoms with Crippen LogP contribution in [0.25, 0.3) is 0 Å². The zero-order valence-electron chi connectivity index (χ0n) is 9.99. The Balaban J connectivity index is 2.55. The van der Waals surface area contributed by atoms with Crippen molar-refractivity contribution >= 4 is 23.4 Å². The third-order valence-electron chi connectivity index (χ3n) is 2.08. The maximum atomic E-state index is 10.9. The topological polar surface area (TPSA) is 64.1 Å². The van der Waals surface area contributed by atoms with E-state index >= 15 is 0 Å². The van der Waals surface area contributed by atoms with Crippen LogP contribution in [-0.2, 0) is 16.0 Å². The van der Waals surface area contributed by atoms with Gasteiger partial charge in [-0.3, -0.25) is 4.79 Å². The molecule has 1 rings (SSSR count). The molecule has 0 fully saturated rings. The number of methoxy groups -OCH3 is 1. The molecule has 17 heavy (non-hydrogen) atoms. The normalized spacial score (nSPS) is 10.1. The second-order valence-corrected chi connectivity index (χ2v) is 3.88. The Kier molecular flexibility index (Phi) is 5.69. The van der Waals surface area contributed by atoms with Crippen molar-refractivity contribution in [2.45, 2.75) is 26.2 Å². The molecule has 0 saturated heterocycles. The minimum atomic E-state index is -0.258. The van der Waals surface area contributed by atoms with Crippen molar-refractivity contribution in [1.82, 2.24) is 9.97 Å².